The van der Waals surface area contributed by atoms with E-state index < -0.39 is 11.3 Å². The molecule has 7 nitrogen and oxygen atoms in total. The Morgan fingerprint density at radius 3 is 2.48 bits per heavy atom. The van der Waals surface area contributed by atoms with Crippen molar-refractivity contribution in [3.05, 3.63) is 0 Å². The van der Waals surface area contributed by atoms with Crippen molar-refractivity contribution >= 4 is 11.8 Å². The molecule has 3 N–H and O–H groups in total. The Morgan fingerprint density at radius 1 is 1.12 bits per heavy atom. The summed E-state index contributed by atoms with van der Waals surface area (Å²) in [5, 5.41) is 9.67. The molecule has 3 aliphatic rings. The minimum Gasteiger partial charge on any atom is -0.396 e. The van der Waals surface area contributed by atoms with Crippen molar-refractivity contribution < 1.29 is 14.7 Å². The zero-order chi connectivity index (χ0) is 18.0. The quantitative estimate of drug-likeness (QED) is 0.642. The third-order valence-corrected chi connectivity index (χ3v) is 6.13. The van der Waals surface area contributed by atoms with Crippen LogP contribution < -0.4 is 5.73 Å². The molecule has 2 aliphatic heterocycles. The van der Waals surface area contributed by atoms with Crippen molar-refractivity contribution in [1.82, 2.24) is 14.7 Å². The second-order valence-corrected chi connectivity index (χ2v) is 8.26. The summed E-state index contributed by atoms with van der Waals surface area (Å²) in [7, 11) is 2.16. The maximum absolute atomic E-state index is 12.8. The molecule has 3 rings (SSSR count). The van der Waals surface area contributed by atoms with Crippen molar-refractivity contribution in [3.63, 3.8) is 0 Å². The summed E-state index contributed by atoms with van der Waals surface area (Å²) in [6, 6.07) is 0. The molecule has 0 radical (unpaired) electrons. The number of hydrogen-bond acceptors (Lipinski definition) is 5. The summed E-state index contributed by atoms with van der Waals surface area (Å²) in [5.41, 5.74) is 4.52. The lowest BCUT2D eigenvalue weighted by Gasteiger charge is -2.40. The Bertz CT molecular complexity index is 509. The molecule has 2 saturated heterocycles. The van der Waals surface area contributed by atoms with Gasteiger partial charge >= 0.3 is 0 Å². The van der Waals surface area contributed by atoms with Gasteiger partial charge in [-0.3, -0.25) is 9.59 Å². The van der Waals surface area contributed by atoms with E-state index >= 15 is 0 Å². The Balaban J connectivity index is 1.62. The predicted octanol–water partition coefficient (Wildman–Crippen LogP) is -0.654. The Kier molecular flexibility index (Phi) is 5.65. The van der Waals surface area contributed by atoms with Crippen LogP contribution in [0.15, 0.2) is 0 Å². The van der Waals surface area contributed by atoms with Gasteiger partial charge in [-0.25, -0.2) is 0 Å². The van der Waals surface area contributed by atoms with E-state index in [-0.39, 0.29) is 18.4 Å². The molecular weight excluding hydrogens is 320 g/mol. The molecule has 0 aromatic rings. The van der Waals surface area contributed by atoms with Gasteiger partial charge in [-0.2, -0.15) is 0 Å². The smallest absolute Gasteiger partial charge is 0.238 e. The highest BCUT2D eigenvalue weighted by Gasteiger charge is 2.57. The van der Waals surface area contributed by atoms with Gasteiger partial charge < -0.3 is 25.5 Å². The SMILES string of the molecule is CN1CCCN(C[C@@H]2C[C@@H](CO)CN(C(=O)C3(C(N)=O)CC3)C2)CC1. The molecule has 0 aromatic heterocycles. The second-order valence-electron chi connectivity index (χ2n) is 8.26. The fourth-order valence-electron chi connectivity index (χ4n) is 4.39. The second kappa shape index (κ2) is 7.60. The average molecular weight is 352 g/mol. The number of nitrogens with zero attached hydrogens (tertiary/aromatic N) is 3. The molecule has 142 valence electrons. The number of likely N-dealkylation sites (tertiary alicyclic amines) is 1. The maximum Gasteiger partial charge on any atom is 0.238 e. The largest absolute Gasteiger partial charge is 0.396 e. The van der Waals surface area contributed by atoms with Gasteiger partial charge in [0.25, 0.3) is 0 Å². The van der Waals surface area contributed by atoms with Crippen LogP contribution in [0.2, 0.25) is 0 Å². The lowest BCUT2D eigenvalue weighted by molar-refractivity contribution is -0.145. The van der Waals surface area contributed by atoms with Crippen molar-refractivity contribution in [1.29, 1.82) is 0 Å². The monoisotopic (exact) mass is 352 g/mol. The first-order valence-corrected chi connectivity index (χ1v) is 9.55. The van der Waals surface area contributed by atoms with Gasteiger partial charge in [0.2, 0.25) is 11.8 Å². The summed E-state index contributed by atoms with van der Waals surface area (Å²) in [5.74, 6) is -0.155. The van der Waals surface area contributed by atoms with Crippen LogP contribution in [0.3, 0.4) is 0 Å². The van der Waals surface area contributed by atoms with Crippen LogP contribution in [0.1, 0.15) is 25.7 Å². The van der Waals surface area contributed by atoms with E-state index in [1.807, 2.05) is 0 Å². The van der Waals surface area contributed by atoms with Crippen molar-refractivity contribution in [3.8, 4) is 0 Å². The summed E-state index contributed by atoms with van der Waals surface area (Å²) in [6.45, 7) is 6.61. The van der Waals surface area contributed by atoms with Gasteiger partial charge in [0, 0.05) is 39.3 Å². The van der Waals surface area contributed by atoms with E-state index in [1.165, 1.54) is 6.42 Å². The molecule has 0 spiro atoms. The van der Waals surface area contributed by atoms with Crippen LogP contribution in [0.4, 0.5) is 0 Å². The number of nitrogens with two attached hydrogens (primary N) is 1. The van der Waals surface area contributed by atoms with E-state index in [2.05, 4.69) is 16.8 Å². The number of rotatable bonds is 5. The first-order chi connectivity index (χ1) is 11.9. The maximum atomic E-state index is 12.8. The molecule has 2 heterocycles. The first kappa shape index (κ1) is 18.6. The fraction of sp³-hybridized carbons (Fsp3) is 0.889. The lowest BCUT2D eigenvalue weighted by atomic mass is 9.88. The zero-order valence-corrected chi connectivity index (χ0v) is 15.3. The van der Waals surface area contributed by atoms with E-state index in [9.17, 15) is 14.7 Å². The summed E-state index contributed by atoms with van der Waals surface area (Å²) >= 11 is 0. The molecule has 0 unspecified atom stereocenters. The highest BCUT2D eigenvalue weighted by molar-refractivity contribution is 6.07. The third-order valence-electron chi connectivity index (χ3n) is 6.13. The van der Waals surface area contributed by atoms with Crippen LogP contribution in [0, 0.1) is 17.3 Å². The molecule has 3 fully saturated rings. The fourth-order valence-corrected chi connectivity index (χ4v) is 4.39. The molecule has 7 heteroatoms. The average Bonchev–Trinajstić information content (AvgIpc) is 3.41. The minimum absolute atomic E-state index is 0.0899. The highest BCUT2D eigenvalue weighted by atomic mass is 16.3. The number of primary amides is 1. The number of aliphatic hydroxyl groups is 1. The third kappa shape index (κ3) is 4.15. The highest BCUT2D eigenvalue weighted by Crippen LogP contribution is 2.47. The zero-order valence-electron chi connectivity index (χ0n) is 15.3. The Labute approximate surface area is 150 Å². The Morgan fingerprint density at radius 2 is 1.84 bits per heavy atom. The number of carbonyl (C=O) groups excluding carboxylic acids is 2. The van der Waals surface area contributed by atoms with Gasteiger partial charge in [-0.1, -0.05) is 0 Å². The number of hydrogen-bond donors (Lipinski definition) is 2. The van der Waals surface area contributed by atoms with Gasteiger partial charge in [0.05, 0.1) is 0 Å². The van der Waals surface area contributed by atoms with E-state index in [0.29, 0.717) is 31.8 Å². The van der Waals surface area contributed by atoms with Crippen LogP contribution in [0.25, 0.3) is 0 Å². The van der Waals surface area contributed by atoms with Crippen LogP contribution in [-0.2, 0) is 9.59 Å². The first-order valence-electron chi connectivity index (χ1n) is 9.55. The lowest BCUT2D eigenvalue weighted by Crippen LogP contribution is -2.52. The van der Waals surface area contributed by atoms with Crippen LogP contribution in [0.5, 0.6) is 0 Å². The number of piperidine rings is 1. The predicted molar refractivity (Wildman–Crippen MR) is 94.7 cm³/mol. The molecule has 1 saturated carbocycles. The molecule has 1 aliphatic carbocycles. The summed E-state index contributed by atoms with van der Waals surface area (Å²) < 4.78 is 0. The molecular formula is C18H32N4O3. The van der Waals surface area contributed by atoms with E-state index in [4.69, 9.17) is 5.73 Å². The molecule has 0 aromatic carbocycles. The van der Waals surface area contributed by atoms with Gasteiger partial charge in [0.1, 0.15) is 5.41 Å². The summed E-state index contributed by atoms with van der Waals surface area (Å²) in [6.07, 6.45) is 3.26. The molecule has 2 amide bonds. The number of aliphatic hydroxyl groups excluding tert-OH is 1. The normalized spacial score (nSPS) is 30.7. The molecule has 25 heavy (non-hydrogen) atoms. The molecule has 2 atom stereocenters. The minimum atomic E-state index is -0.951. The number of amides is 2. The van der Waals surface area contributed by atoms with Crippen LogP contribution in [-0.4, -0.2) is 91.1 Å². The van der Waals surface area contributed by atoms with Crippen molar-refractivity contribution in [2.45, 2.75) is 25.7 Å². The number of likely N-dealkylation sites (N-methyl/N-ethyl adjacent to an activating group) is 1. The van der Waals surface area contributed by atoms with Gasteiger partial charge in [-0.15, -0.1) is 0 Å². The van der Waals surface area contributed by atoms with E-state index in [0.717, 1.165) is 39.1 Å². The van der Waals surface area contributed by atoms with Crippen molar-refractivity contribution in [2.75, 3.05) is 59.5 Å². The standard InChI is InChI=1S/C18H32N4O3/c1-20-5-2-6-21(8-7-20)10-14-9-15(13-23)12-22(11-14)17(25)18(3-4-18)16(19)24/h14-15,23H,2-13H2,1H3,(H2,19,24)/t14-,15+/m0/s1. The van der Waals surface area contributed by atoms with Gasteiger partial charge in [0.15, 0.2) is 0 Å². The van der Waals surface area contributed by atoms with E-state index in [1.54, 1.807) is 4.90 Å². The Hall–Kier alpha value is -1.18. The summed E-state index contributed by atoms with van der Waals surface area (Å²) in [4.78, 5) is 31.2. The topological polar surface area (TPSA) is 90.1 Å². The number of carbonyl (C=O) groups is 2. The van der Waals surface area contributed by atoms with Crippen molar-refractivity contribution in [2.24, 2.45) is 23.0 Å². The molecule has 0 bridgehead atoms. The van der Waals surface area contributed by atoms with Crippen LogP contribution >= 0.6 is 0 Å². The van der Waals surface area contributed by atoms with Gasteiger partial charge in [-0.05, 0) is 57.7 Å².